The molecular formula is C14H21ClOS. The second-order valence-corrected chi connectivity index (χ2v) is 7.99. The van der Waals surface area contributed by atoms with Crippen molar-refractivity contribution < 1.29 is 5.11 Å². The van der Waals surface area contributed by atoms with Gasteiger partial charge >= 0.3 is 0 Å². The quantitative estimate of drug-likeness (QED) is 0.777. The lowest BCUT2D eigenvalue weighted by Crippen LogP contribution is -2.34. The second-order valence-electron chi connectivity index (χ2n) is 6.28. The zero-order valence-electron chi connectivity index (χ0n) is 10.8. The molecule has 0 aliphatic heterocycles. The van der Waals surface area contributed by atoms with Crippen molar-refractivity contribution in [3.63, 3.8) is 0 Å². The molecule has 0 atom stereocenters. The second kappa shape index (κ2) is 4.56. The van der Waals surface area contributed by atoms with Crippen molar-refractivity contribution in [1.29, 1.82) is 0 Å². The summed E-state index contributed by atoms with van der Waals surface area (Å²) in [5, 5.41) is 10.7. The smallest absolute Gasteiger partial charge is 0.0988 e. The summed E-state index contributed by atoms with van der Waals surface area (Å²) < 4.78 is 0.770. The zero-order valence-corrected chi connectivity index (χ0v) is 12.4. The van der Waals surface area contributed by atoms with Crippen LogP contribution in [0.25, 0.3) is 0 Å². The van der Waals surface area contributed by atoms with E-state index in [9.17, 15) is 5.11 Å². The van der Waals surface area contributed by atoms with Crippen LogP contribution >= 0.6 is 22.9 Å². The minimum atomic E-state index is -0.625. The normalized spacial score (nSPS) is 30.5. The Labute approximate surface area is 113 Å². The fraction of sp³-hybridized carbons (Fsp3) is 0.714. The Hall–Kier alpha value is -0.0500. The largest absolute Gasteiger partial charge is 0.384 e. The van der Waals surface area contributed by atoms with Crippen LogP contribution in [0.5, 0.6) is 0 Å². The summed E-state index contributed by atoms with van der Waals surface area (Å²) in [6.45, 7) is 6.89. The molecule has 1 heterocycles. The first-order chi connectivity index (χ1) is 7.81. The van der Waals surface area contributed by atoms with Crippen LogP contribution in [0, 0.1) is 11.3 Å². The minimum Gasteiger partial charge on any atom is -0.384 e. The van der Waals surface area contributed by atoms with Crippen LogP contribution in [-0.4, -0.2) is 5.11 Å². The highest BCUT2D eigenvalue weighted by molar-refractivity contribution is 7.16. The number of aliphatic hydroxyl groups is 1. The number of rotatable bonds is 1. The predicted molar refractivity (Wildman–Crippen MR) is 74.6 cm³/mol. The van der Waals surface area contributed by atoms with Crippen LogP contribution in [0.1, 0.15) is 51.3 Å². The molecule has 0 aromatic carbocycles. The fourth-order valence-corrected chi connectivity index (χ4v) is 3.96. The number of halogens is 1. The van der Waals surface area contributed by atoms with E-state index in [1.54, 1.807) is 0 Å². The zero-order chi connectivity index (χ0) is 12.7. The number of hydrogen-bond acceptors (Lipinski definition) is 2. The van der Waals surface area contributed by atoms with E-state index in [1.807, 2.05) is 12.1 Å². The summed E-state index contributed by atoms with van der Waals surface area (Å²) in [7, 11) is 0. The van der Waals surface area contributed by atoms with Crippen molar-refractivity contribution in [3.8, 4) is 0 Å². The van der Waals surface area contributed by atoms with Crippen molar-refractivity contribution in [2.45, 2.75) is 52.1 Å². The lowest BCUT2D eigenvalue weighted by Gasteiger charge is -2.40. The van der Waals surface area contributed by atoms with Crippen LogP contribution < -0.4 is 0 Å². The van der Waals surface area contributed by atoms with Gasteiger partial charge in [-0.25, -0.2) is 0 Å². The highest BCUT2D eigenvalue weighted by Crippen LogP contribution is 2.47. The minimum absolute atomic E-state index is 0.356. The maximum absolute atomic E-state index is 10.7. The standard InChI is InChI=1S/C14H21ClOS/c1-13(2,3)10-6-8-14(16,9-7-10)11-4-5-12(15)17-11/h4-5,10,16H,6-9H2,1-3H3. The molecule has 1 N–H and O–H groups in total. The van der Waals surface area contributed by atoms with Gasteiger partial charge in [-0.15, -0.1) is 11.3 Å². The predicted octanol–water partition coefficient (Wildman–Crippen LogP) is 4.83. The van der Waals surface area contributed by atoms with Gasteiger partial charge in [0.25, 0.3) is 0 Å². The average Bonchev–Trinajstić information content (AvgIpc) is 2.65. The highest BCUT2D eigenvalue weighted by atomic mass is 35.5. The van der Waals surface area contributed by atoms with Gasteiger partial charge in [0.1, 0.15) is 0 Å². The van der Waals surface area contributed by atoms with Gasteiger partial charge in [0, 0.05) is 4.88 Å². The Balaban J connectivity index is 2.07. The van der Waals surface area contributed by atoms with Gasteiger partial charge in [-0.2, -0.15) is 0 Å². The Kier molecular flexibility index (Phi) is 3.59. The number of hydrogen-bond donors (Lipinski definition) is 1. The third kappa shape index (κ3) is 2.86. The molecule has 1 nitrogen and oxygen atoms in total. The van der Waals surface area contributed by atoms with Gasteiger partial charge in [0.05, 0.1) is 9.94 Å². The Morgan fingerprint density at radius 2 is 1.88 bits per heavy atom. The number of thiophene rings is 1. The van der Waals surface area contributed by atoms with Gasteiger partial charge in [0.15, 0.2) is 0 Å². The lowest BCUT2D eigenvalue weighted by molar-refractivity contribution is -0.0269. The van der Waals surface area contributed by atoms with Crippen molar-refractivity contribution in [2.75, 3.05) is 0 Å². The molecule has 1 aromatic heterocycles. The molecule has 0 bridgehead atoms. The Bertz CT molecular complexity index is 383. The SMILES string of the molecule is CC(C)(C)C1CCC(O)(c2ccc(Cl)s2)CC1. The lowest BCUT2D eigenvalue weighted by atomic mass is 9.68. The highest BCUT2D eigenvalue weighted by Gasteiger charge is 2.39. The van der Waals surface area contributed by atoms with Crippen molar-refractivity contribution in [2.24, 2.45) is 11.3 Å². The molecule has 96 valence electrons. The van der Waals surface area contributed by atoms with Gasteiger partial charge in [-0.3, -0.25) is 0 Å². The Morgan fingerprint density at radius 1 is 1.29 bits per heavy atom. The molecule has 0 spiro atoms. The summed E-state index contributed by atoms with van der Waals surface area (Å²) in [6, 6.07) is 3.86. The van der Waals surface area contributed by atoms with Crippen molar-refractivity contribution in [3.05, 3.63) is 21.3 Å². The summed E-state index contributed by atoms with van der Waals surface area (Å²) in [6.07, 6.45) is 3.95. The van der Waals surface area contributed by atoms with Crippen LogP contribution in [0.3, 0.4) is 0 Å². The molecule has 1 fully saturated rings. The summed E-state index contributed by atoms with van der Waals surface area (Å²) in [5.41, 5.74) is -0.270. The molecule has 0 radical (unpaired) electrons. The molecule has 0 amide bonds. The molecule has 0 saturated heterocycles. The Morgan fingerprint density at radius 3 is 2.29 bits per heavy atom. The van der Waals surface area contributed by atoms with E-state index in [-0.39, 0.29) is 0 Å². The maximum Gasteiger partial charge on any atom is 0.0988 e. The fourth-order valence-electron chi connectivity index (χ4n) is 2.77. The van der Waals surface area contributed by atoms with Crippen LogP contribution in [0.4, 0.5) is 0 Å². The molecule has 1 aliphatic carbocycles. The first-order valence-corrected chi connectivity index (χ1v) is 7.49. The first-order valence-electron chi connectivity index (χ1n) is 6.29. The van der Waals surface area contributed by atoms with E-state index < -0.39 is 5.60 Å². The van der Waals surface area contributed by atoms with Gasteiger partial charge in [0.2, 0.25) is 0 Å². The molecular weight excluding hydrogens is 252 g/mol. The van der Waals surface area contributed by atoms with E-state index in [0.717, 1.165) is 40.8 Å². The van der Waals surface area contributed by atoms with Crippen molar-refractivity contribution >= 4 is 22.9 Å². The van der Waals surface area contributed by atoms with Gasteiger partial charge < -0.3 is 5.11 Å². The molecule has 2 rings (SSSR count). The third-order valence-electron chi connectivity index (χ3n) is 4.07. The first kappa shape index (κ1) is 13.4. The topological polar surface area (TPSA) is 20.2 Å². The van der Waals surface area contributed by atoms with Crippen molar-refractivity contribution in [1.82, 2.24) is 0 Å². The summed E-state index contributed by atoms with van der Waals surface area (Å²) in [4.78, 5) is 1.04. The van der Waals surface area contributed by atoms with E-state index in [0.29, 0.717) is 5.41 Å². The molecule has 1 aliphatic rings. The molecule has 3 heteroatoms. The van der Waals surface area contributed by atoms with E-state index in [2.05, 4.69) is 20.8 Å². The molecule has 1 saturated carbocycles. The summed E-state index contributed by atoms with van der Waals surface area (Å²) in [5.74, 6) is 0.721. The average molecular weight is 273 g/mol. The van der Waals surface area contributed by atoms with Crippen LogP contribution in [0.2, 0.25) is 4.34 Å². The van der Waals surface area contributed by atoms with Gasteiger partial charge in [-0.1, -0.05) is 32.4 Å². The third-order valence-corrected chi connectivity index (χ3v) is 5.49. The molecule has 1 aromatic rings. The van der Waals surface area contributed by atoms with E-state index >= 15 is 0 Å². The van der Waals surface area contributed by atoms with Crippen LogP contribution in [-0.2, 0) is 5.60 Å². The molecule has 0 unspecified atom stereocenters. The maximum atomic E-state index is 10.7. The van der Waals surface area contributed by atoms with E-state index in [4.69, 9.17) is 11.6 Å². The van der Waals surface area contributed by atoms with Gasteiger partial charge in [-0.05, 0) is 49.1 Å². The molecule has 17 heavy (non-hydrogen) atoms. The summed E-state index contributed by atoms with van der Waals surface area (Å²) >= 11 is 7.47. The van der Waals surface area contributed by atoms with E-state index in [1.165, 1.54) is 11.3 Å². The van der Waals surface area contributed by atoms with Crippen LogP contribution in [0.15, 0.2) is 12.1 Å². The monoisotopic (exact) mass is 272 g/mol.